The predicted molar refractivity (Wildman–Crippen MR) is 214 cm³/mol. The van der Waals surface area contributed by atoms with Gasteiger partial charge in [-0.2, -0.15) is 0 Å². The molecule has 0 spiro atoms. The Kier molecular flexibility index (Phi) is 9.85. The number of hydrogen-bond donors (Lipinski definition) is 0. The number of methoxy groups -OCH3 is 4. The van der Waals surface area contributed by atoms with Crippen LogP contribution in [0.4, 0.5) is 17.6 Å². The van der Waals surface area contributed by atoms with E-state index in [9.17, 15) is 0 Å². The fraction of sp³-hybridized carbons (Fsp3) is 0.130. The van der Waals surface area contributed by atoms with E-state index in [2.05, 4.69) is 0 Å². The highest BCUT2D eigenvalue weighted by atomic mass is 19.1. The summed E-state index contributed by atoms with van der Waals surface area (Å²) in [6.45, 7) is 0. The molecule has 0 aliphatic carbocycles. The molecule has 0 N–H and O–H groups in total. The largest absolute Gasteiger partial charge is 0.497 e. The summed E-state index contributed by atoms with van der Waals surface area (Å²) in [4.78, 5) is 20.6. The smallest absolute Gasteiger partial charge is 0.232 e. The van der Waals surface area contributed by atoms with Crippen LogP contribution in [0.2, 0.25) is 0 Å². The van der Waals surface area contributed by atoms with E-state index in [-0.39, 0.29) is 22.8 Å². The Morgan fingerprint density at radius 2 is 0.569 bits per heavy atom. The molecule has 0 saturated heterocycles. The van der Waals surface area contributed by atoms with E-state index in [1.807, 2.05) is 0 Å². The van der Waals surface area contributed by atoms with Crippen molar-refractivity contribution in [3.05, 3.63) is 190 Å². The average Bonchev–Trinajstić information content (AvgIpc) is 3.86. The lowest BCUT2D eigenvalue weighted by molar-refractivity contribution is 0.226. The quantitative estimate of drug-likeness (QED) is 0.123. The molecule has 58 heavy (non-hydrogen) atoms. The monoisotopic (exact) mass is 782 g/mol. The van der Waals surface area contributed by atoms with Crippen LogP contribution in [0.5, 0.6) is 23.0 Å². The van der Waals surface area contributed by atoms with Crippen molar-refractivity contribution < 1.29 is 36.5 Å². The molecule has 290 valence electrons. The van der Waals surface area contributed by atoms with Gasteiger partial charge in [0.15, 0.2) is 0 Å². The minimum atomic E-state index is -2.70. The van der Waals surface area contributed by atoms with E-state index in [0.29, 0.717) is 45.3 Å². The maximum absolute atomic E-state index is 16.9. The summed E-state index contributed by atoms with van der Waals surface area (Å²) in [6, 6.07) is 33.7. The van der Waals surface area contributed by atoms with Gasteiger partial charge in [0.05, 0.1) is 62.4 Å². The molecule has 0 amide bonds. The zero-order chi connectivity index (χ0) is 40.6. The molecule has 0 unspecified atom stereocenters. The predicted octanol–water partition coefficient (Wildman–Crippen LogP) is 9.27. The molecule has 0 saturated carbocycles. The summed E-state index contributed by atoms with van der Waals surface area (Å²) in [5.74, 6) is -2.68. The summed E-state index contributed by atoms with van der Waals surface area (Å²) in [7, 11) is 5.96. The fourth-order valence-corrected chi connectivity index (χ4v) is 7.34. The van der Waals surface area contributed by atoms with Crippen LogP contribution in [0, 0.1) is 23.3 Å². The van der Waals surface area contributed by atoms with Gasteiger partial charge in [0, 0.05) is 22.3 Å². The zero-order valence-corrected chi connectivity index (χ0v) is 31.6. The Bertz CT molecular complexity index is 2360. The average molecular weight is 783 g/mol. The van der Waals surface area contributed by atoms with Crippen LogP contribution >= 0.6 is 0 Å². The molecule has 2 heterocycles. The molecule has 6 aromatic rings. The number of hydrogen-bond acceptors (Lipinski definition) is 8. The van der Waals surface area contributed by atoms with E-state index in [1.165, 1.54) is 40.6 Å². The van der Waals surface area contributed by atoms with Crippen molar-refractivity contribution in [1.29, 1.82) is 0 Å². The van der Waals surface area contributed by atoms with Gasteiger partial charge >= 0.3 is 0 Å². The molecule has 2 aliphatic rings. The molecule has 12 heteroatoms. The van der Waals surface area contributed by atoms with Crippen molar-refractivity contribution in [2.75, 3.05) is 28.4 Å². The van der Waals surface area contributed by atoms with Gasteiger partial charge in [0.1, 0.15) is 46.3 Å². The lowest BCUT2D eigenvalue weighted by Crippen LogP contribution is -2.45. The number of benzene rings is 6. The third-order valence-corrected chi connectivity index (χ3v) is 10.0. The van der Waals surface area contributed by atoms with Crippen LogP contribution in [-0.2, 0) is 11.3 Å². The second kappa shape index (κ2) is 15.1. The van der Waals surface area contributed by atoms with E-state index in [1.54, 1.807) is 97.1 Å². The molecular weight excluding hydrogens is 749 g/mol. The highest BCUT2D eigenvalue weighted by Gasteiger charge is 2.64. The topological polar surface area (TPSA) is 86.4 Å². The molecule has 0 fully saturated rings. The molecule has 8 nitrogen and oxygen atoms in total. The minimum Gasteiger partial charge on any atom is -0.497 e. The molecule has 0 bridgehead atoms. The van der Waals surface area contributed by atoms with Crippen LogP contribution in [0.15, 0.2) is 153 Å². The van der Waals surface area contributed by atoms with E-state index < -0.39 is 45.7 Å². The van der Waals surface area contributed by atoms with Gasteiger partial charge in [-0.3, -0.25) is 0 Å². The van der Waals surface area contributed by atoms with Crippen molar-refractivity contribution >= 4 is 22.8 Å². The minimum absolute atomic E-state index is 0.106. The zero-order valence-electron chi connectivity index (χ0n) is 31.6. The first kappa shape index (κ1) is 37.8. The second-order valence-electron chi connectivity index (χ2n) is 13.3. The van der Waals surface area contributed by atoms with Gasteiger partial charge in [-0.05, 0) is 72.8 Å². The first-order chi connectivity index (χ1) is 28.1. The first-order valence-electron chi connectivity index (χ1n) is 18.0. The Hall–Kier alpha value is -7.08. The lowest BCUT2D eigenvalue weighted by Gasteiger charge is -2.38. The molecule has 6 aromatic carbocycles. The third-order valence-electron chi connectivity index (χ3n) is 10.0. The van der Waals surface area contributed by atoms with Crippen LogP contribution in [0.3, 0.4) is 0 Å². The van der Waals surface area contributed by atoms with E-state index in [0.717, 1.165) is 24.3 Å². The Morgan fingerprint density at radius 1 is 0.345 bits per heavy atom. The fourth-order valence-electron chi connectivity index (χ4n) is 7.34. The summed E-state index contributed by atoms with van der Waals surface area (Å²) in [5, 5.41) is 0. The molecule has 0 aromatic heterocycles. The third kappa shape index (κ3) is 6.26. The van der Waals surface area contributed by atoms with Gasteiger partial charge in [0.2, 0.25) is 11.3 Å². The molecule has 0 atom stereocenters. The summed E-state index contributed by atoms with van der Waals surface area (Å²) in [6.07, 6.45) is 0. The highest BCUT2D eigenvalue weighted by molar-refractivity contribution is 6.56. The maximum Gasteiger partial charge on any atom is 0.232 e. The summed E-state index contributed by atoms with van der Waals surface area (Å²) >= 11 is 0. The number of nitrogens with zero attached hydrogens (tertiary/aromatic N) is 4. The normalized spacial score (nSPS) is 15.2. The van der Waals surface area contributed by atoms with Gasteiger partial charge in [-0.1, -0.05) is 60.7 Å². The van der Waals surface area contributed by atoms with Crippen molar-refractivity contribution in [2.24, 2.45) is 20.0 Å². The number of rotatable bonds is 11. The SMILES string of the molecule is COc1cccc(C2=NC(c3c(F)cccc3F)(C3(c4c(F)cccc4F)N=C(c4cccc(OC)c4)C(c4cccc(OC)c4)=N3)N=C2c2cccc(OC)c2)c1. The number of ether oxygens (including phenoxy) is 4. The standard InChI is InChI=1S/C46H34F4N4O4/c1-55-31-15-5-11-27(23-31)41-42(28-12-6-16-32(24-28)56-2)52-45(51-41,39-35(47)19-9-20-36(39)48)46(40-37(49)21-10-22-38(40)50)53-43(29-13-7-17-33(25-29)57-3)44(54-46)30-14-8-18-34(26-30)58-4/h5-26H,1-4H3. The van der Waals surface area contributed by atoms with Gasteiger partial charge in [-0.15, -0.1) is 0 Å². The van der Waals surface area contributed by atoms with Crippen molar-refractivity contribution in [3.63, 3.8) is 0 Å². The first-order valence-corrected chi connectivity index (χ1v) is 18.0. The number of aliphatic imine (C=N–C) groups is 4. The Balaban J connectivity index is 1.60. The van der Waals surface area contributed by atoms with Crippen LogP contribution in [-0.4, -0.2) is 51.3 Å². The highest BCUT2D eigenvalue weighted by Crippen LogP contribution is 2.56. The summed E-state index contributed by atoms with van der Waals surface area (Å²) in [5.41, 5.74) is -4.83. The van der Waals surface area contributed by atoms with Gasteiger partial charge < -0.3 is 18.9 Å². The van der Waals surface area contributed by atoms with Crippen LogP contribution in [0.1, 0.15) is 33.4 Å². The molecule has 2 aliphatic heterocycles. The van der Waals surface area contributed by atoms with E-state index in [4.69, 9.17) is 38.9 Å². The Morgan fingerprint density at radius 3 is 0.793 bits per heavy atom. The van der Waals surface area contributed by atoms with E-state index >= 15 is 17.6 Å². The molecule has 8 rings (SSSR count). The second-order valence-corrected chi connectivity index (χ2v) is 13.3. The number of halogens is 4. The van der Waals surface area contributed by atoms with Crippen molar-refractivity contribution in [2.45, 2.75) is 11.3 Å². The van der Waals surface area contributed by atoms with Gasteiger partial charge in [-0.25, -0.2) is 37.5 Å². The molecular formula is C46H34F4N4O4. The van der Waals surface area contributed by atoms with Crippen LogP contribution in [0.25, 0.3) is 0 Å². The Labute approximate surface area is 331 Å². The molecule has 0 radical (unpaired) electrons. The lowest BCUT2D eigenvalue weighted by atomic mass is 9.81. The van der Waals surface area contributed by atoms with Crippen molar-refractivity contribution in [3.8, 4) is 23.0 Å². The van der Waals surface area contributed by atoms with Crippen LogP contribution < -0.4 is 18.9 Å². The van der Waals surface area contributed by atoms with Crippen molar-refractivity contribution in [1.82, 2.24) is 0 Å². The van der Waals surface area contributed by atoms with Gasteiger partial charge in [0.25, 0.3) is 0 Å². The maximum atomic E-state index is 16.9. The summed E-state index contributed by atoms with van der Waals surface area (Å²) < 4.78 is 89.8.